The van der Waals surface area contributed by atoms with E-state index < -0.39 is 0 Å². The van der Waals surface area contributed by atoms with Crippen LogP contribution in [0.15, 0.2) is 24.3 Å². The van der Waals surface area contributed by atoms with Crippen molar-refractivity contribution in [1.82, 2.24) is 0 Å². The maximum Gasteiger partial charge on any atom is 0.0626 e. The van der Waals surface area contributed by atoms with Crippen molar-refractivity contribution >= 4 is 27.5 Å². The zero-order valence-corrected chi connectivity index (χ0v) is 8.85. The summed E-state index contributed by atoms with van der Waals surface area (Å²) < 4.78 is 0. The number of hydrogen-bond acceptors (Lipinski definition) is 1. The Kier molecular flexibility index (Phi) is 4.06. The van der Waals surface area contributed by atoms with Crippen LogP contribution < -0.4 is 0 Å². The van der Waals surface area contributed by atoms with Crippen molar-refractivity contribution in [2.45, 2.75) is 10.7 Å². The van der Waals surface area contributed by atoms with Gasteiger partial charge in [0.25, 0.3) is 0 Å². The molecule has 0 fully saturated rings. The Labute approximate surface area is 85.5 Å². The number of hydrogen-bond donors (Lipinski definition) is 1. The summed E-state index contributed by atoms with van der Waals surface area (Å²) in [5.41, 5.74) is 2.17. The summed E-state index contributed by atoms with van der Waals surface area (Å²) in [6.07, 6.45) is 0. The quantitative estimate of drug-likeness (QED) is 0.817. The van der Waals surface area contributed by atoms with Crippen LogP contribution in [0.1, 0.15) is 16.0 Å². The fraction of sp³-hybridized carbons (Fsp3) is 0.333. The zero-order valence-electron chi connectivity index (χ0n) is 6.50. The Hall–Kier alpha value is -0.0500. The molecule has 1 nitrogen and oxygen atoms in total. The van der Waals surface area contributed by atoms with Crippen LogP contribution in [0.25, 0.3) is 0 Å². The standard InChI is InChI=1S/C9H10BrClO/c10-9(6-12)8-3-1-7(5-11)2-4-8/h1-4,9,12H,5-6H2. The first-order chi connectivity index (χ1) is 5.77. The lowest BCUT2D eigenvalue weighted by molar-refractivity contribution is 0.298. The van der Waals surface area contributed by atoms with Crippen molar-refractivity contribution in [3.05, 3.63) is 35.4 Å². The van der Waals surface area contributed by atoms with Gasteiger partial charge in [-0.05, 0) is 11.1 Å². The minimum Gasteiger partial charge on any atom is -0.395 e. The van der Waals surface area contributed by atoms with Crippen LogP contribution in [-0.2, 0) is 5.88 Å². The van der Waals surface area contributed by atoms with Crippen LogP contribution >= 0.6 is 27.5 Å². The molecule has 0 saturated carbocycles. The van der Waals surface area contributed by atoms with Crippen molar-refractivity contribution in [3.8, 4) is 0 Å². The molecule has 1 atom stereocenters. The molecule has 12 heavy (non-hydrogen) atoms. The van der Waals surface area contributed by atoms with E-state index in [4.69, 9.17) is 16.7 Å². The molecule has 0 aliphatic heterocycles. The highest BCUT2D eigenvalue weighted by Crippen LogP contribution is 2.22. The highest BCUT2D eigenvalue weighted by Gasteiger charge is 2.04. The lowest BCUT2D eigenvalue weighted by Gasteiger charge is -2.06. The minimum absolute atomic E-state index is 0.0295. The maximum atomic E-state index is 8.84. The van der Waals surface area contributed by atoms with E-state index in [0.29, 0.717) is 5.88 Å². The van der Waals surface area contributed by atoms with E-state index in [1.165, 1.54) is 0 Å². The van der Waals surface area contributed by atoms with Crippen molar-refractivity contribution in [2.75, 3.05) is 6.61 Å². The normalized spacial score (nSPS) is 12.9. The highest BCUT2D eigenvalue weighted by molar-refractivity contribution is 9.09. The molecule has 0 spiro atoms. The Morgan fingerprint density at radius 1 is 1.33 bits per heavy atom. The molecular weight excluding hydrogens is 239 g/mol. The molecule has 1 rings (SSSR count). The molecule has 0 saturated heterocycles. The van der Waals surface area contributed by atoms with E-state index in [1.807, 2.05) is 24.3 Å². The molecule has 66 valence electrons. The summed E-state index contributed by atoms with van der Waals surface area (Å²) >= 11 is 8.98. The Bertz CT molecular complexity index is 235. The molecule has 0 aliphatic carbocycles. The number of alkyl halides is 2. The third kappa shape index (κ3) is 2.47. The Morgan fingerprint density at radius 3 is 2.33 bits per heavy atom. The predicted octanol–water partition coefficient (Wildman–Crippen LogP) is 2.85. The fourth-order valence-corrected chi connectivity index (χ4v) is 1.40. The number of rotatable bonds is 3. The molecule has 0 aromatic heterocycles. The molecule has 3 heteroatoms. The number of halogens is 2. The molecule has 1 N–H and O–H groups in total. The van der Waals surface area contributed by atoms with Crippen LogP contribution in [0, 0.1) is 0 Å². The first-order valence-electron chi connectivity index (χ1n) is 3.67. The van der Waals surface area contributed by atoms with Gasteiger partial charge in [-0.1, -0.05) is 40.2 Å². The zero-order chi connectivity index (χ0) is 8.97. The van der Waals surface area contributed by atoms with Crippen molar-refractivity contribution in [2.24, 2.45) is 0 Å². The van der Waals surface area contributed by atoms with E-state index in [9.17, 15) is 0 Å². The third-order valence-corrected chi connectivity index (χ3v) is 2.78. The van der Waals surface area contributed by atoms with Gasteiger partial charge in [0.2, 0.25) is 0 Å². The van der Waals surface area contributed by atoms with Gasteiger partial charge in [-0.2, -0.15) is 0 Å². The molecular formula is C9H10BrClO. The summed E-state index contributed by atoms with van der Waals surface area (Å²) in [4.78, 5) is 0.0295. The van der Waals surface area contributed by atoms with Gasteiger partial charge in [0, 0.05) is 5.88 Å². The maximum absolute atomic E-state index is 8.84. The summed E-state index contributed by atoms with van der Waals surface area (Å²) in [5, 5.41) is 8.84. The molecule has 0 bridgehead atoms. The van der Waals surface area contributed by atoms with E-state index >= 15 is 0 Å². The van der Waals surface area contributed by atoms with Gasteiger partial charge < -0.3 is 5.11 Å². The predicted molar refractivity (Wildman–Crippen MR) is 54.8 cm³/mol. The second-order valence-electron chi connectivity index (χ2n) is 2.53. The van der Waals surface area contributed by atoms with E-state index in [0.717, 1.165) is 11.1 Å². The summed E-state index contributed by atoms with van der Waals surface area (Å²) in [6, 6.07) is 7.86. The lowest BCUT2D eigenvalue weighted by atomic mass is 10.1. The van der Waals surface area contributed by atoms with Gasteiger partial charge in [-0.25, -0.2) is 0 Å². The average Bonchev–Trinajstić information content (AvgIpc) is 2.17. The van der Waals surface area contributed by atoms with E-state index in [-0.39, 0.29) is 11.4 Å². The number of benzene rings is 1. The van der Waals surface area contributed by atoms with Gasteiger partial charge >= 0.3 is 0 Å². The smallest absolute Gasteiger partial charge is 0.0626 e. The van der Waals surface area contributed by atoms with Crippen molar-refractivity contribution in [3.63, 3.8) is 0 Å². The summed E-state index contributed by atoms with van der Waals surface area (Å²) in [6.45, 7) is 0.111. The first kappa shape index (κ1) is 10.0. The minimum atomic E-state index is 0.0295. The van der Waals surface area contributed by atoms with E-state index in [1.54, 1.807) is 0 Å². The highest BCUT2D eigenvalue weighted by atomic mass is 79.9. The topological polar surface area (TPSA) is 20.2 Å². The van der Waals surface area contributed by atoms with Crippen LogP contribution in [0.3, 0.4) is 0 Å². The van der Waals surface area contributed by atoms with Gasteiger partial charge in [-0.15, -0.1) is 11.6 Å². The monoisotopic (exact) mass is 248 g/mol. The largest absolute Gasteiger partial charge is 0.395 e. The second-order valence-corrected chi connectivity index (χ2v) is 3.90. The summed E-state index contributed by atoms with van der Waals surface area (Å²) in [7, 11) is 0. The van der Waals surface area contributed by atoms with Crippen LogP contribution in [-0.4, -0.2) is 11.7 Å². The Morgan fingerprint density at radius 2 is 1.92 bits per heavy atom. The van der Waals surface area contributed by atoms with Crippen LogP contribution in [0.2, 0.25) is 0 Å². The Balaban J connectivity index is 2.77. The average molecular weight is 250 g/mol. The number of aliphatic hydroxyl groups excluding tert-OH is 1. The van der Waals surface area contributed by atoms with Crippen molar-refractivity contribution < 1.29 is 5.11 Å². The molecule has 1 aromatic carbocycles. The molecule has 1 aromatic rings. The van der Waals surface area contributed by atoms with Gasteiger partial charge in [0.05, 0.1) is 11.4 Å². The molecule has 0 amide bonds. The lowest BCUT2D eigenvalue weighted by Crippen LogP contribution is -1.94. The van der Waals surface area contributed by atoms with Gasteiger partial charge in [-0.3, -0.25) is 0 Å². The fourth-order valence-electron chi connectivity index (χ4n) is 0.921. The van der Waals surface area contributed by atoms with Crippen LogP contribution in [0.5, 0.6) is 0 Å². The second kappa shape index (κ2) is 4.85. The van der Waals surface area contributed by atoms with Gasteiger partial charge in [0.15, 0.2) is 0 Å². The molecule has 0 radical (unpaired) electrons. The molecule has 0 aliphatic rings. The van der Waals surface area contributed by atoms with E-state index in [2.05, 4.69) is 15.9 Å². The SMILES string of the molecule is OCC(Br)c1ccc(CCl)cc1. The summed E-state index contributed by atoms with van der Waals surface area (Å²) in [5.74, 6) is 0.534. The van der Waals surface area contributed by atoms with Gasteiger partial charge in [0.1, 0.15) is 0 Å². The molecule has 1 unspecified atom stereocenters. The number of aliphatic hydroxyl groups is 1. The van der Waals surface area contributed by atoms with Crippen LogP contribution in [0.4, 0.5) is 0 Å². The first-order valence-corrected chi connectivity index (χ1v) is 5.12. The molecule has 0 heterocycles. The third-order valence-electron chi connectivity index (χ3n) is 1.66. The van der Waals surface area contributed by atoms with Crippen molar-refractivity contribution in [1.29, 1.82) is 0 Å².